The summed E-state index contributed by atoms with van der Waals surface area (Å²) in [4.78, 5) is 32.0. The van der Waals surface area contributed by atoms with Crippen molar-refractivity contribution < 1.29 is 19.1 Å². The van der Waals surface area contributed by atoms with Gasteiger partial charge in [-0.05, 0) is 37.5 Å². The van der Waals surface area contributed by atoms with Gasteiger partial charge in [-0.15, -0.1) is 11.3 Å². The average molecular weight is 494 g/mol. The van der Waals surface area contributed by atoms with E-state index in [-0.39, 0.29) is 17.7 Å². The SMILES string of the molecule is CCOCCC(=O)N1CCC(c2nc(C(=O)Nc3cc(OC)ccc3-c3ccccc3)cs2)CC1. The molecule has 7 nitrogen and oxygen atoms in total. The molecular weight excluding hydrogens is 462 g/mol. The number of benzene rings is 2. The van der Waals surface area contributed by atoms with Crippen molar-refractivity contribution in [3.63, 3.8) is 0 Å². The Kier molecular flexibility index (Phi) is 8.50. The Morgan fingerprint density at radius 3 is 2.63 bits per heavy atom. The summed E-state index contributed by atoms with van der Waals surface area (Å²) in [6.07, 6.45) is 2.13. The van der Waals surface area contributed by atoms with Gasteiger partial charge in [0.2, 0.25) is 5.91 Å². The lowest BCUT2D eigenvalue weighted by Crippen LogP contribution is -2.38. The van der Waals surface area contributed by atoms with Crippen LogP contribution in [0.1, 0.15) is 47.6 Å². The molecule has 2 aromatic carbocycles. The maximum Gasteiger partial charge on any atom is 0.275 e. The smallest absolute Gasteiger partial charge is 0.275 e. The van der Waals surface area contributed by atoms with E-state index in [1.165, 1.54) is 11.3 Å². The van der Waals surface area contributed by atoms with E-state index in [1.54, 1.807) is 7.11 Å². The standard InChI is InChI=1S/C27H31N3O4S/c1-3-34-16-13-25(31)30-14-11-20(12-15-30)27-29-24(18-35-27)26(32)28-23-17-21(33-2)9-10-22(23)19-7-5-4-6-8-19/h4-10,17-18,20H,3,11-16H2,1-2H3,(H,28,32). The number of anilines is 1. The van der Waals surface area contributed by atoms with Gasteiger partial charge in [0.15, 0.2) is 0 Å². The minimum atomic E-state index is -0.249. The number of methoxy groups -OCH3 is 1. The number of piperidine rings is 1. The van der Waals surface area contributed by atoms with Gasteiger partial charge >= 0.3 is 0 Å². The predicted octanol–water partition coefficient (Wildman–Crippen LogP) is 5.20. The molecule has 1 saturated heterocycles. The molecule has 8 heteroatoms. The van der Waals surface area contributed by atoms with Gasteiger partial charge in [-0.3, -0.25) is 9.59 Å². The number of amides is 2. The number of nitrogens with zero attached hydrogens (tertiary/aromatic N) is 2. The molecule has 1 fully saturated rings. The van der Waals surface area contributed by atoms with Crippen molar-refractivity contribution in [3.8, 4) is 16.9 Å². The van der Waals surface area contributed by atoms with Crippen LogP contribution in [0.2, 0.25) is 0 Å². The van der Waals surface area contributed by atoms with Gasteiger partial charge in [-0.2, -0.15) is 0 Å². The number of carbonyl (C=O) groups excluding carboxylic acids is 2. The second-order valence-electron chi connectivity index (χ2n) is 8.40. The molecule has 0 radical (unpaired) electrons. The van der Waals surface area contributed by atoms with Crippen LogP contribution in [-0.2, 0) is 9.53 Å². The molecule has 1 N–H and O–H groups in total. The van der Waals surface area contributed by atoms with Gasteiger partial charge in [0.1, 0.15) is 11.4 Å². The van der Waals surface area contributed by atoms with Crippen LogP contribution in [0.5, 0.6) is 5.75 Å². The van der Waals surface area contributed by atoms with Crippen LogP contribution in [0, 0.1) is 0 Å². The summed E-state index contributed by atoms with van der Waals surface area (Å²) in [7, 11) is 1.60. The molecular formula is C27H31N3O4S. The van der Waals surface area contributed by atoms with Crippen molar-refractivity contribution in [2.75, 3.05) is 38.7 Å². The Morgan fingerprint density at radius 1 is 1.14 bits per heavy atom. The number of carbonyl (C=O) groups is 2. The van der Waals surface area contributed by atoms with E-state index >= 15 is 0 Å². The van der Waals surface area contributed by atoms with Crippen LogP contribution < -0.4 is 10.1 Å². The van der Waals surface area contributed by atoms with Gasteiger partial charge in [-0.1, -0.05) is 30.3 Å². The highest BCUT2D eigenvalue weighted by molar-refractivity contribution is 7.10. The number of thiazole rings is 1. The Hall–Kier alpha value is -3.23. The Morgan fingerprint density at radius 2 is 1.91 bits per heavy atom. The fraction of sp³-hybridized carbons (Fsp3) is 0.370. The first kappa shape index (κ1) is 24.9. The van der Waals surface area contributed by atoms with Crippen LogP contribution in [0.15, 0.2) is 53.9 Å². The third-order valence-electron chi connectivity index (χ3n) is 6.18. The Labute approximate surface area is 210 Å². The van der Waals surface area contributed by atoms with Crippen LogP contribution >= 0.6 is 11.3 Å². The molecule has 3 aromatic rings. The van der Waals surface area contributed by atoms with Gasteiger partial charge in [0.25, 0.3) is 5.91 Å². The van der Waals surface area contributed by atoms with Gasteiger partial charge < -0.3 is 19.7 Å². The molecule has 35 heavy (non-hydrogen) atoms. The first-order valence-electron chi connectivity index (χ1n) is 11.9. The molecule has 0 saturated carbocycles. The van der Waals surface area contributed by atoms with Crippen LogP contribution in [0.3, 0.4) is 0 Å². The van der Waals surface area contributed by atoms with Crippen LogP contribution in [0.4, 0.5) is 5.69 Å². The first-order valence-corrected chi connectivity index (χ1v) is 12.8. The molecule has 184 valence electrons. The van der Waals surface area contributed by atoms with Gasteiger partial charge in [-0.25, -0.2) is 4.98 Å². The minimum absolute atomic E-state index is 0.142. The molecule has 1 aliphatic heterocycles. The summed E-state index contributed by atoms with van der Waals surface area (Å²) in [6, 6.07) is 15.6. The highest BCUT2D eigenvalue weighted by Crippen LogP contribution is 2.33. The molecule has 0 spiro atoms. The summed E-state index contributed by atoms with van der Waals surface area (Å²) in [5.41, 5.74) is 3.00. The molecule has 0 bridgehead atoms. The average Bonchev–Trinajstić information content (AvgIpc) is 3.40. The number of rotatable bonds is 9. The predicted molar refractivity (Wildman–Crippen MR) is 138 cm³/mol. The lowest BCUT2D eigenvalue weighted by Gasteiger charge is -2.31. The van der Waals surface area contributed by atoms with Gasteiger partial charge in [0, 0.05) is 42.6 Å². The highest BCUT2D eigenvalue weighted by Gasteiger charge is 2.26. The van der Waals surface area contributed by atoms with Crippen molar-refractivity contribution >= 4 is 28.8 Å². The van der Waals surface area contributed by atoms with Crippen molar-refractivity contribution in [1.82, 2.24) is 9.88 Å². The maximum absolute atomic E-state index is 13.1. The topological polar surface area (TPSA) is 80.8 Å². The van der Waals surface area contributed by atoms with Crippen LogP contribution in [0.25, 0.3) is 11.1 Å². The number of hydrogen-bond acceptors (Lipinski definition) is 6. The fourth-order valence-corrected chi connectivity index (χ4v) is 5.20. The maximum atomic E-state index is 13.1. The van der Waals surface area contributed by atoms with E-state index in [0.29, 0.717) is 49.9 Å². The van der Waals surface area contributed by atoms with E-state index in [0.717, 1.165) is 29.0 Å². The summed E-state index contributed by atoms with van der Waals surface area (Å²) in [5, 5.41) is 5.78. The van der Waals surface area contributed by atoms with E-state index in [2.05, 4.69) is 10.3 Å². The normalized spacial score (nSPS) is 14.1. The molecule has 2 heterocycles. The van der Waals surface area contributed by atoms with E-state index < -0.39 is 0 Å². The number of hydrogen-bond donors (Lipinski definition) is 1. The summed E-state index contributed by atoms with van der Waals surface area (Å²) in [5.74, 6) is 0.820. The number of aromatic nitrogens is 1. The number of likely N-dealkylation sites (tertiary alicyclic amines) is 1. The zero-order valence-corrected chi connectivity index (χ0v) is 21.0. The highest BCUT2D eigenvalue weighted by atomic mass is 32.1. The molecule has 2 amide bonds. The molecule has 1 aromatic heterocycles. The monoisotopic (exact) mass is 493 g/mol. The molecule has 4 rings (SSSR count). The molecule has 1 aliphatic rings. The third-order valence-corrected chi connectivity index (χ3v) is 7.18. The summed E-state index contributed by atoms with van der Waals surface area (Å²) >= 11 is 1.51. The number of ether oxygens (including phenoxy) is 2. The van der Waals surface area contributed by atoms with E-state index in [9.17, 15) is 9.59 Å². The molecule has 0 unspecified atom stereocenters. The van der Waals surface area contributed by atoms with Crippen molar-refractivity contribution in [2.24, 2.45) is 0 Å². The van der Waals surface area contributed by atoms with Gasteiger partial charge in [0.05, 0.1) is 30.8 Å². The van der Waals surface area contributed by atoms with Crippen molar-refractivity contribution in [3.05, 3.63) is 64.6 Å². The lowest BCUT2D eigenvalue weighted by molar-refractivity contribution is -0.133. The zero-order chi connectivity index (χ0) is 24.6. The van der Waals surface area contributed by atoms with Crippen LogP contribution in [-0.4, -0.2) is 55.1 Å². The third kappa shape index (κ3) is 6.26. The number of nitrogens with one attached hydrogen (secondary N) is 1. The second kappa shape index (κ2) is 12.0. The Bertz CT molecular complexity index is 1140. The van der Waals surface area contributed by atoms with Crippen molar-refractivity contribution in [2.45, 2.75) is 32.1 Å². The van der Waals surface area contributed by atoms with E-state index in [4.69, 9.17) is 9.47 Å². The van der Waals surface area contributed by atoms with E-state index in [1.807, 2.05) is 65.7 Å². The second-order valence-corrected chi connectivity index (χ2v) is 9.29. The largest absolute Gasteiger partial charge is 0.497 e. The molecule has 0 atom stereocenters. The van der Waals surface area contributed by atoms with Crippen molar-refractivity contribution in [1.29, 1.82) is 0 Å². The Balaban J connectivity index is 1.40. The first-order chi connectivity index (χ1) is 17.1. The quantitative estimate of drug-likeness (QED) is 0.414. The summed E-state index contributed by atoms with van der Waals surface area (Å²) in [6.45, 7) is 4.44. The zero-order valence-electron chi connectivity index (χ0n) is 20.2. The molecule has 0 aliphatic carbocycles. The minimum Gasteiger partial charge on any atom is -0.497 e. The lowest BCUT2D eigenvalue weighted by atomic mass is 9.97. The summed E-state index contributed by atoms with van der Waals surface area (Å²) < 4.78 is 10.7. The fourth-order valence-electron chi connectivity index (χ4n) is 4.23.